The number of hydrogen-bond donors (Lipinski definition) is 1. The summed E-state index contributed by atoms with van der Waals surface area (Å²) < 4.78 is 20.0. The normalized spacial score (nSPS) is 26.4. The highest BCUT2D eigenvalue weighted by Gasteiger charge is 2.51. The van der Waals surface area contributed by atoms with Gasteiger partial charge in [-0.2, -0.15) is 0 Å². The van der Waals surface area contributed by atoms with Crippen LogP contribution < -0.4 is 5.32 Å². The lowest BCUT2D eigenvalue weighted by Gasteiger charge is -2.23. The van der Waals surface area contributed by atoms with E-state index in [4.69, 9.17) is 14.2 Å². The van der Waals surface area contributed by atoms with Crippen molar-refractivity contribution in [3.8, 4) is 0 Å². The van der Waals surface area contributed by atoms with Crippen LogP contribution in [0.1, 0.15) is 25.6 Å². The lowest BCUT2D eigenvalue weighted by Crippen LogP contribution is -2.27. The van der Waals surface area contributed by atoms with Crippen LogP contribution in [0.3, 0.4) is 0 Å². The summed E-state index contributed by atoms with van der Waals surface area (Å²) in [5.74, 6) is 0.221. The molecular weight excluding hydrogens is 344 g/mol. The Morgan fingerprint density at radius 3 is 2.85 bits per heavy atom. The molecule has 2 aliphatic heterocycles. The second-order valence-corrected chi connectivity index (χ2v) is 7.38. The predicted octanol–water partition coefficient (Wildman–Crippen LogP) is 3.09. The molecule has 0 aliphatic carbocycles. The number of hydrogen-bond acceptors (Lipinski definition) is 6. The lowest BCUT2D eigenvalue weighted by atomic mass is 10.2. The third-order valence-electron chi connectivity index (χ3n) is 5.02. The molecule has 7 nitrogen and oxygen atoms in total. The number of nitrogens with one attached hydrogen (secondary N) is 1. The van der Waals surface area contributed by atoms with E-state index in [9.17, 15) is 0 Å². The fourth-order valence-electron chi connectivity index (χ4n) is 3.86. The van der Waals surface area contributed by atoms with Gasteiger partial charge in [-0.05, 0) is 25.5 Å². The number of anilines is 1. The highest BCUT2D eigenvalue weighted by atomic mass is 16.8. The second-order valence-electron chi connectivity index (χ2n) is 7.38. The minimum atomic E-state index is -0.586. The Labute approximate surface area is 157 Å². The first kappa shape index (κ1) is 16.7. The van der Waals surface area contributed by atoms with E-state index in [-0.39, 0.29) is 18.4 Å². The standard InChI is InChI=1S/C20H22N4O3/c1-20(2)26-15-11-25-19(16(15)27-20)24-9-8-14-17(22-12-23-18(14)24)21-10-13-6-4-3-5-7-13/h3-9,12,15-16,19H,10-11H2,1-2H3,(H,21,22,23)/t15-,16-,19-/m1/s1. The van der Waals surface area contributed by atoms with E-state index < -0.39 is 5.79 Å². The molecule has 1 aromatic carbocycles. The SMILES string of the molecule is CC1(C)O[C@H]2[C@H](n3ccc4c(NCc5ccccc5)ncnc43)OC[C@H]2O1. The zero-order valence-corrected chi connectivity index (χ0v) is 15.3. The molecule has 0 amide bonds. The highest BCUT2D eigenvalue weighted by Crippen LogP contribution is 2.41. The Bertz CT molecular complexity index is 956. The Kier molecular flexibility index (Phi) is 3.89. The Morgan fingerprint density at radius 1 is 1.15 bits per heavy atom. The van der Waals surface area contributed by atoms with Crippen molar-refractivity contribution in [1.82, 2.24) is 14.5 Å². The summed E-state index contributed by atoms with van der Waals surface area (Å²) in [7, 11) is 0. The molecule has 2 aliphatic rings. The molecule has 5 rings (SSSR count). The van der Waals surface area contributed by atoms with Gasteiger partial charge in [0.25, 0.3) is 0 Å². The van der Waals surface area contributed by atoms with Gasteiger partial charge in [0.2, 0.25) is 0 Å². The molecule has 0 spiro atoms. The molecule has 4 heterocycles. The van der Waals surface area contributed by atoms with Crippen molar-refractivity contribution < 1.29 is 14.2 Å². The number of rotatable bonds is 4. The van der Waals surface area contributed by atoms with Crippen LogP contribution in [0, 0.1) is 0 Å². The van der Waals surface area contributed by atoms with Crippen molar-refractivity contribution in [1.29, 1.82) is 0 Å². The largest absolute Gasteiger partial charge is 0.365 e. The highest BCUT2D eigenvalue weighted by molar-refractivity contribution is 5.87. The molecule has 0 unspecified atom stereocenters. The maximum absolute atomic E-state index is 6.07. The van der Waals surface area contributed by atoms with E-state index in [1.807, 2.05) is 48.9 Å². The van der Waals surface area contributed by atoms with Crippen molar-refractivity contribution in [3.63, 3.8) is 0 Å². The van der Waals surface area contributed by atoms with E-state index in [1.165, 1.54) is 5.56 Å². The predicted molar refractivity (Wildman–Crippen MR) is 100 cm³/mol. The summed E-state index contributed by atoms with van der Waals surface area (Å²) in [5, 5.41) is 4.36. The van der Waals surface area contributed by atoms with E-state index in [0.29, 0.717) is 13.2 Å². The van der Waals surface area contributed by atoms with Gasteiger partial charge in [0, 0.05) is 12.7 Å². The fraction of sp³-hybridized carbons (Fsp3) is 0.400. The van der Waals surface area contributed by atoms with Crippen LogP contribution in [-0.2, 0) is 20.8 Å². The summed E-state index contributed by atoms with van der Waals surface area (Å²) in [4.78, 5) is 8.91. The van der Waals surface area contributed by atoms with E-state index >= 15 is 0 Å². The summed E-state index contributed by atoms with van der Waals surface area (Å²) in [5.41, 5.74) is 2.02. The molecule has 0 radical (unpaired) electrons. The molecule has 0 bridgehead atoms. The van der Waals surface area contributed by atoms with Gasteiger partial charge in [-0.25, -0.2) is 9.97 Å². The van der Waals surface area contributed by atoms with Gasteiger partial charge in [-0.15, -0.1) is 0 Å². The van der Waals surface area contributed by atoms with Crippen molar-refractivity contribution >= 4 is 16.9 Å². The van der Waals surface area contributed by atoms with E-state index in [1.54, 1.807) is 6.33 Å². The first-order chi connectivity index (χ1) is 13.1. The van der Waals surface area contributed by atoms with Crippen LogP contribution >= 0.6 is 0 Å². The average Bonchev–Trinajstić information content (AvgIpc) is 3.32. The van der Waals surface area contributed by atoms with Crippen molar-refractivity contribution in [2.75, 3.05) is 11.9 Å². The quantitative estimate of drug-likeness (QED) is 0.765. The van der Waals surface area contributed by atoms with E-state index in [2.05, 4.69) is 27.4 Å². The minimum Gasteiger partial charge on any atom is -0.365 e. The number of nitrogens with zero attached hydrogens (tertiary/aromatic N) is 3. The molecule has 140 valence electrons. The van der Waals surface area contributed by atoms with Crippen LogP contribution in [-0.4, -0.2) is 39.1 Å². The van der Waals surface area contributed by atoms with Gasteiger partial charge in [0.1, 0.15) is 30.0 Å². The zero-order valence-electron chi connectivity index (χ0n) is 15.3. The maximum atomic E-state index is 6.07. The Morgan fingerprint density at radius 2 is 2.00 bits per heavy atom. The first-order valence-corrected chi connectivity index (χ1v) is 9.17. The first-order valence-electron chi connectivity index (χ1n) is 9.17. The summed E-state index contributed by atoms with van der Waals surface area (Å²) in [6.45, 7) is 5.09. The molecule has 7 heteroatoms. The van der Waals surface area contributed by atoms with Gasteiger partial charge in [-0.1, -0.05) is 30.3 Å². The Hall–Kier alpha value is -2.48. The number of fused-ring (bicyclic) bond motifs is 2. The van der Waals surface area contributed by atoms with Crippen LogP contribution in [0.15, 0.2) is 48.9 Å². The summed E-state index contributed by atoms with van der Waals surface area (Å²) in [6.07, 6.45) is 3.10. The molecule has 2 fully saturated rings. The maximum Gasteiger partial charge on any atom is 0.164 e. The number of ether oxygens (including phenoxy) is 3. The topological polar surface area (TPSA) is 70.4 Å². The molecule has 3 aromatic rings. The average molecular weight is 366 g/mol. The van der Waals surface area contributed by atoms with Gasteiger partial charge < -0.3 is 24.1 Å². The molecule has 1 N–H and O–H groups in total. The van der Waals surface area contributed by atoms with Crippen LogP contribution in [0.25, 0.3) is 11.0 Å². The van der Waals surface area contributed by atoms with Crippen molar-refractivity contribution in [2.24, 2.45) is 0 Å². The van der Waals surface area contributed by atoms with Crippen LogP contribution in [0.4, 0.5) is 5.82 Å². The van der Waals surface area contributed by atoms with Crippen LogP contribution in [0.5, 0.6) is 0 Å². The number of aromatic nitrogens is 3. The fourth-order valence-corrected chi connectivity index (χ4v) is 3.86. The van der Waals surface area contributed by atoms with Crippen molar-refractivity contribution in [2.45, 2.75) is 44.6 Å². The second kappa shape index (κ2) is 6.30. The molecule has 27 heavy (non-hydrogen) atoms. The molecular formula is C20H22N4O3. The van der Waals surface area contributed by atoms with Gasteiger partial charge >= 0.3 is 0 Å². The molecule has 0 saturated carbocycles. The van der Waals surface area contributed by atoms with Gasteiger partial charge in [0.05, 0.1) is 12.0 Å². The minimum absolute atomic E-state index is 0.0556. The molecule has 2 aromatic heterocycles. The Balaban J connectivity index is 1.42. The number of benzene rings is 1. The van der Waals surface area contributed by atoms with Gasteiger partial charge in [-0.3, -0.25) is 0 Å². The van der Waals surface area contributed by atoms with E-state index in [0.717, 1.165) is 16.9 Å². The van der Waals surface area contributed by atoms with Gasteiger partial charge in [0.15, 0.2) is 12.0 Å². The van der Waals surface area contributed by atoms with Crippen LogP contribution in [0.2, 0.25) is 0 Å². The lowest BCUT2D eigenvalue weighted by molar-refractivity contribution is -0.183. The molecule has 2 saturated heterocycles. The summed E-state index contributed by atoms with van der Waals surface area (Å²) in [6, 6.07) is 12.3. The zero-order chi connectivity index (χ0) is 18.4. The van der Waals surface area contributed by atoms with Crippen molar-refractivity contribution in [3.05, 3.63) is 54.5 Å². The summed E-state index contributed by atoms with van der Waals surface area (Å²) >= 11 is 0. The third-order valence-corrected chi connectivity index (χ3v) is 5.02. The monoisotopic (exact) mass is 366 g/mol. The smallest absolute Gasteiger partial charge is 0.164 e. The molecule has 3 atom stereocenters. The third kappa shape index (κ3) is 2.97.